The highest BCUT2D eigenvalue weighted by Gasteiger charge is 2.42. The van der Waals surface area contributed by atoms with Gasteiger partial charge in [0.05, 0.1) is 17.8 Å². The van der Waals surface area contributed by atoms with Gasteiger partial charge < -0.3 is 14.9 Å². The summed E-state index contributed by atoms with van der Waals surface area (Å²) in [4.78, 5) is 12.0. The lowest BCUT2D eigenvalue weighted by Crippen LogP contribution is -2.25. The second kappa shape index (κ2) is 10.5. The van der Waals surface area contributed by atoms with Gasteiger partial charge >= 0.3 is 12.1 Å². The van der Waals surface area contributed by atoms with Gasteiger partial charge in [-0.3, -0.25) is 4.79 Å². The summed E-state index contributed by atoms with van der Waals surface area (Å²) in [7, 11) is 0. The fourth-order valence-corrected chi connectivity index (χ4v) is 4.35. The molecule has 31 heavy (non-hydrogen) atoms. The van der Waals surface area contributed by atoms with E-state index in [1.807, 2.05) is 6.08 Å². The molecular weight excluding hydrogens is 409 g/mol. The molecule has 0 radical (unpaired) electrons. The van der Waals surface area contributed by atoms with E-state index < -0.39 is 23.9 Å². The third-order valence-corrected chi connectivity index (χ3v) is 6.04. The molecular formula is C24H29F3O4. The fourth-order valence-electron chi connectivity index (χ4n) is 4.35. The van der Waals surface area contributed by atoms with E-state index in [1.54, 1.807) is 18.2 Å². The molecule has 1 aliphatic carbocycles. The molecule has 0 bridgehead atoms. The first kappa shape index (κ1) is 23.5. The highest BCUT2D eigenvalue weighted by molar-refractivity contribution is 5.69. The van der Waals surface area contributed by atoms with Gasteiger partial charge in [-0.05, 0) is 43.7 Å². The van der Waals surface area contributed by atoms with Gasteiger partial charge in [0.1, 0.15) is 6.10 Å². The molecule has 0 saturated heterocycles. The van der Waals surface area contributed by atoms with Gasteiger partial charge in [0, 0.05) is 24.7 Å². The predicted octanol–water partition coefficient (Wildman–Crippen LogP) is 4.59. The van der Waals surface area contributed by atoms with Crippen LogP contribution in [0.25, 0.3) is 0 Å². The van der Waals surface area contributed by atoms with Crippen molar-refractivity contribution in [2.24, 2.45) is 11.8 Å². The van der Waals surface area contributed by atoms with Crippen LogP contribution in [0.15, 0.2) is 48.6 Å². The molecule has 0 amide bonds. The monoisotopic (exact) mass is 438 g/mol. The maximum atomic E-state index is 12.8. The molecule has 2 N–H and O–H groups in total. The molecule has 0 aromatic heterocycles. The summed E-state index contributed by atoms with van der Waals surface area (Å²) >= 11 is 0. The van der Waals surface area contributed by atoms with Crippen LogP contribution in [0.4, 0.5) is 13.2 Å². The molecule has 2 aliphatic rings. The lowest BCUT2D eigenvalue weighted by Gasteiger charge is -2.23. The zero-order valence-corrected chi connectivity index (χ0v) is 17.3. The van der Waals surface area contributed by atoms with Crippen LogP contribution in [0, 0.1) is 11.8 Å². The number of rotatable bonds is 5. The second-order valence-corrected chi connectivity index (χ2v) is 8.36. The SMILES string of the molecule is O=C1CCC/C=C\C[C@@H]2[C@@H](/C=C/[C@@H](O)CCc3cccc(C(F)(F)F)c3)[C@H](O)C[C@@H]2O1. The summed E-state index contributed by atoms with van der Waals surface area (Å²) < 4.78 is 44.1. The minimum Gasteiger partial charge on any atom is -0.462 e. The van der Waals surface area contributed by atoms with Gasteiger partial charge in [-0.15, -0.1) is 0 Å². The summed E-state index contributed by atoms with van der Waals surface area (Å²) in [5.41, 5.74) is -0.193. The Morgan fingerprint density at radius 2 is 2.06 bits per heavy atom. The van der Waals surface area contributed by atoms with Gasteiger partial charge in [0.2, 0.25) is 0 Å². The number of hydrogen-bond donors (Lipinski definition) is 2. The topological polar surface area (TPSA) is 66.8 Å². The van der Waals surface area contributed by atoms with E-state index in [0.29, 0.717) is 31.2 Å². The van der Waals surface area contributed by atoms with E-state index >= 15 is 0 Å². The number of alkyl halides is 3. The number of esters is 1. The first-order valence-electron chi connectivity index (χ1n) is 10.8. The first-order chi connectivity index (χ1) is 14.7. The smallest absolute Gasteiger partial charge is 0.416 e. The maximum absolute atomic E-state index is 12.8. The van der Waals surface area contributed by atoms with E-state index in [9.17, 15) is 28.2 Å². The zero-order chi connectivity index (χ0) is 22.4. The predicted molar refractivity (Wildman–Crippen MR) is 110 cm³/mol. The molecule has 0 spiro atoms. The number of aryl methyl sites for hydroxylation is 1. The summed E-state index contributed by atoms with van der Waals surface area (Å²) in [5.74, 6) is -0.575. The number of carbonyl (C=O) groups is 1. The van der Waals surface area contributed by atoms with Crippen LogP contribution < -0.4 is 0 Å². The highest BCUT2D eigenvalue weighted by Crippen LogP contribution is 2.39. The van der Waals surface area contributed by atoms with Crippen LogP contribution in [-0.4, -0.2) is 34.5 Å². The van der Waals surface area contributed by atoms with E-state index in [2.05, 4.69) is 6.08 Å². The molecule has 170 valence electrons. The molecule has 1 aromatic rings. The average molecular weight is 438 g/mol. The largest absolute Gasteiger partial charge is 0.462 e. The Bertz CT molecular complexity index is 802. The molecule has 1 saturated carbocycles. The molecule has 1 aliphatic heterocycles. The van der Waals surface area contributed by atoms with Crippen LogP contribution in [-0.2, 0) is 22.1 Å². The first-order valence-corrected chi connectivity index (χ1v) is 10.8. The lowest BCUT2D eigenvalue weighted by atomic mass is 9.89. The molecule has 7 heteroatoms. The van der Waals surface area contributed by atoms with Crippen molar-refractivity contribution >= 4 is 5.97 Å². The lowest BCUT2D eigenvalue weighted by molar-refractivity contribution is -0.151. The number of carbonyl (C=O) groups excluding carboxylic acids is 1. The maximum Gasteiger partial charge on any atom is 0.416 e. The summed E-state index contributed by atoms with van der Waals surface area (Å²) in [6, 6.07) is 5.10. The average Bonchev–Trinajstić information content (AvgIpc) is 3.01. The Kier molecular flexibility index (Phi) is 7.94. The summed E-state index contributed by atoms with van der Waals surface area (Å²) in [5, 5.41) is 20.8. The third-order valence-electron chi connectivity index (χ3n) is 6.04. The van der Waals surface area contributed by atoms with Crippen LogP contribution in [0.2, 0.25) is 0 Å². The number of allylic oxidation sites excluding steroid dienone is 2. The molecule has 3 rings (SSSR count). The molecule has 1 aromatic carbocycles. The molecule has 1 heterocycles. The van der Waals surface area contributed by atoms with Crippen molar-refractivity contribution in [2.75, 3.05) is 0 Å². The van der Waals surface area contributed by atoms with Gasteiger partial charge in [-0.2, -0.15) is 13.2 Å². The van der Waals surface area contributed by atoms with Crippen molar-refractivity contribution in [3.05, 3.63) is 59.7 Å². The van der Waals surface area contributed by atoms with E-state index in [1.165, 1.54) is 6.07 Å². The number of hydrogen-bond acceptors (Lipinski definition) is 4. The number of aliphatic hydroxyl groups excluding tert-OH is 2. The Balaban J connectivity index is 1.60. The number of halogens is 3. The van der Waals surface area contributed by atoms with Gasteiger partial charge in [0.25, 0.3) is 0 Å². The molecule has 4 nitrogen and oxygen atoms in total. The quantitative estimate of drug-likeness (QED) is 0.521. The highest BCUT2D eigenvalue weighted by atomic mass is 19.4. The van der Waals surface area contributed by atoms with Crippen molar-refractivity contribution in [2.45, 2.75) is 69.4 Å². The number of fused-ring (bicyclic) bond motifs is 1. The minimum absolute atomic E-state index is 0.0692. The fraction of sp³-hybridized carbons (Fsp3) is 0.542. The zero-order valence-electron chi connectivity index (χ0n) is 17.3. The Morgan fingerprint density at radius 3 is 2.84 bits per heavy atom. The van der Waals surface area contributed by atoms with Gasteiger partial charge in [-0.25, -0.2) is 0 Å². The Morgan fingerprint density at radius 1 is 1.26 bits per heavy atom. The molecule has 0 unspecified atom stereocenters. The van der Waals surface area contributed by atoms with Crippen LogP contribution in [0.3, 0.4) is 0 Å². The standard InChI is InChI=1S/C24H29F3O4/c25-24(26,27)17-7-5-6-16(14-17)10-11-18(28)12-13-19-20-8-3-1-2-4-9-23(30)31-22(20)15-21(19)29/h1,3,5-7,12-14,18-22,28-29H,2,4,8-11,15H2/b3-1-,13-12+/t18-,19+,20+,21+,22-/m0/s1. The van der Waals surface area contributed by atoms with Crippen molar-refractivity contribution in [3.63, 3.8) is 0 Å². The van der Waals surface area contributed by atoms with Crippen molar-refractivity contribution in [1.82, 2.24) is 0 Å². The summed E-state index contributed by atoms with van der Waals surface area (Å²) in [6.45, 7) is 0. The van der Waals surface area contributed by atoms with Gasteiger partial charge in [-0.1, -0.05) is 42.5 Å². The van der Waals surface area contributed by atoms with E-state index in [4.69, 9.17) is 4.74 Å². The Labute approximate surface area is 180 Å². The number of aliphatic hydroxyl groups is 2. The molecule has 1 fully saturated rings. The number of benzene rings is 1. The van der Waals surface area contributed by atoms with Crippen molar-refractivity contribution < 1.29 is 32.9 Å². The van der Waals surface area contributed by atoms with Crippen LogP contribution in [0.1, 0.15) is 49.7 Å². The third kappa shape index (κ3) is 6.68. The summed E-state index contributed by atoms with van der Waals surface area (Å²) in [6.07, 6.45) is 4.70. The van der Waals surface area contributed by atoms with Crippen LogP contribution in [0.5, 0.6) is 0 Å². The van der Waals surface area contributed by atoms with E-state index in [0.717, 1.165) is 25.0 Å². The van der Waals surface area contributed by atoms with Crippen molar-refractivity contribution in [1.29, 1.82) is 0 Å². The normalized spacial score (nSPS) is 29.4. The second-order valence-electron chi connectivity index (χ2n) is 8.36. The molecule has 5 atom stereocenters. The van der Waals surface area contributed by atoms with E-state index in [-0.39, 0.29) is 30.3 Å². The minimum atomic E-state index is -4.39. The van der Waals surface area contributed by atoms with Crippen molar-refractivity contribution in [3.8, 4) is 0 Å². The number of ether oxygens (including phenoxy) is 1. The van der Waals surface area contributed by atoms with Crippen LogP contribution >= 0.6 is 0 Å². The van der Waals surface area contributed by atoms with Gasteiger partial charge in [0.15, 0.2) is 0 Å². The Hall–Kier alpha value is -2.12.